The molecule has 1 fully saturated rings. The summed E-state index contributed by atoms with van der Waals surface area (Å²) < 4.78 is 40.7. The highest BCUT2D eigenvalue weighted by Crippen LogP contribution is 2.29. The van der Waals surface area contributed by atoms with Gasteiger partial charge < -0.3 is 0 Å². The zero-order chi connectivity index (χ0) is 15.5. The number of alkyl halides is 1. The van der Waals surface area contributed by atoms with Crippen LogP contribution in [0.4, 0.5) is 4.39 Å². The summed E-state index contributed by atoms with van der Waals surface area (Å²) in [5, 5.41) is 0. The topological polar surface area (TPSA) is 37.4 Å². The number of sulfonamides is 1. The maximum absolute atomic E-state index is 13.5. The van der Waals surface area contributed by atoms with Crippen molar-refractivity contribution in [1.82, 2.24) is 4.31 Å². The van der Waals surface area contributed by atoms with Crippen molar-refractivity contribution >= 4 is 21.6 Å². The summed E-state index contributed by atoms with van der Waals surface area (Å²) >= 11 is 5.80. The van der Waals surface area contributed by atoms with Gasteiger partial charge >= 0.3 is 0 Å². The molecule has 1 aromatic rings. The molecule has 6 heteroatoms. The van der Waals surface area contributed by atoms with E-state index in [0.717, 1.165) is 38.2 Å². The van der Waals surface area contributed by atoms with Crippen molar-refractivity contribution in [2.75, 3.05) is 12.4 Å². The SMILES string of the molecule is Cc1ccc(F)cc1S(=O)(=O)N(CCCl)C1CCCCC1. The fourth-order valence-electron chi connectivity index (χ4n) is 2.93. The molecule has 0 saturated heterocycles. The van der Waals surface area contributed by atoms with Crippen LogP contribution in [-0.4, -0.2) is 31.2 Å². The van der Waals surface area contributed by atoms with Crippen LogP contribution >= 0.6 is 11.6 Å². The Morgan fingerprint density at radius 1 is 1.29 bits per heavy atom. The summed E-state index contributed by atoms with van der Waals surface area (Å²) in [6, 6.07) is 3.86. The molecule has 1 aromatic carbocycles. The Kier molecular flexibility index (Phi) is 5.63. The molecule has 0 N–H and O–H groups in total. The predicted molar refractivity (Wildman–Crippen MR) is 82.6 cm³/mol. The van der Waals surface area contributed by atoms with Gasteiger partial charge in [0.2, 0.25) is 10.0 Å². The number of halogens is 2. The van der Waals surface area contributed by atoms with Crippen molar-refractivity contribution in [1.29, 1.82) is 0 Å². The molecule has 0 radical (unpaired) electrons. The second-order valence-corrected chi connectivity index (χ2v) is 7.74. The Labute approximate surface area is 131 Å². The molecule has 0 unspecified atom stereocenters. The van der Waals surface area contributed by atoms with Gasteiger partial charge in [-0.15, -0.1) is 11.6 Å². The van der Waals surface area contributed by atoms with E-state index in [9.17, 15) is 12.8 Å². The Morgan fingerprint density at radius 2 is 1.95 bits per heavy atom. The molecule has 0 aromatic heterocycles. The Balaban J connectivity index is 2.39. The Morgan fingerprint density at radius 3 is 2.57 bits per heavy atom. The normalized spacial score (nSPS) is 17.3. The highest BCUT2D eigenvalue weighted by molar-refractivity contribution is 7.89. The third kappa shape index (κ3) is 3.76. The van der Waals surface area contributed by atoms with Crippen LogP contribution in [0.2, 0.25) is 0 Å². The molecule has 0 aliphatic heterocycles. The van der Waals surface area contributed by atoms with Crippen LogP contribution in [0.1, 0.15) is 37.7 Å². The average Bonchev–Trinajstić information content (AvgIpc) is 2.48. The van der Waals surface area contributed by atoms with Gasteiger partial charge in [-0.1, -0.05) is 25.3 Å². The Bertz CT molecular complexity index is 585. The number of rotatable bonds is 5. The standard InChI is InChI=1S/C15H21ClFNO2S/c1-12-7-8-13(17)11-15(12)21(19,20)18(10-9-16)14-5-3-2-4-6-14/h7-8,11,14H,2-6,9-10H2,1H3. The highest BCUT2D eigenvalue weighted by atomic mass is 35.5. The van der Waals surface area contributed by atoms with Crippen LogP contribution in [0.25, 0.3) is 0 Å². The highest BCUT2D eigenvalue weighted by Gasteiger charge is 2.32. The lowest BCUT2D eigenvalue weighted by molar-refractivity contribution is 0.262. The number of hydrogen-bond acceptors (Lipinski definition) is 2. The monoisotopic (exact) mass is 333 g/mol. The molecule has 1 saturated carbocycles. The molecule has 118 valence electrons. The fraction of sp³-hybridized carbons (Fsp3) is 0.600. The summed E-state index contributed by atoms with van der Waals surface area (Å²) in [6.07, 6.45) is 4.90. The summed E-state index contributed by atoms with van der Waals surface area (Å²) in [4.78, 5) is 0.0539. The van der Waals surface area contributed by atoms with Crippen LogP contribution < -0.4 is 0 Å². The van der Waals surface area contributed by atoms with Crippen molar-refractivity contribution in [3.8, 4) is 0 Å². The maximum atomic E-state index is 13.5. The first-order valence-electron chi connectivity index (χ1n) is 7.31. The predicted octanol–water partition coefficient (Wildman–Crippen LogP) is 3.70. The van der Waals surface area contributed by atoms with Crippen LogP contribution in [-0.2, 0) is 10.0 Å². The second kappa shape index (κ2) is 7.07. The molecule has 3 nitrogen and oxygen atoms in total. The lowest BCUT2D eigenvalue weighted by Crippen LogP contribution is -2.42. The first kappa shape index (κ1) is 16.7. The van der Waals surface area contributed by atoms with Crippen molar-refractivity contribution in [3.63, 3.8) is 0 Å². The largest absolute Gasteiger partial charge is 0.243 e. The van der Waals surface area contributed by atoms with Crippen molar-refractivity contribution in [2.24, 2.45) is 0 Å². The molecule has 1 aliphatic carbocycles. The van der Waals surface area contributed by atoms with E-state index in [4.69, 9.17) is 11.6 Å². The fourth-order valence-corrected chi connectivity index (χ4v) is 5.14. The summed E-state index contributed by atoms with van der Waals surface area (Å²) in [5.41, 5.74) is 0.562. The van der Waals surface area contributed by atoms with Crippen LogP contribution in [0, 0.1) is 12.7 Å². The van der Waals surface area contributed by atoms with E-state index in [-0.39, 0.29) is 23.4 Å². The van der Waals surface area contributed by atoms with Crippen LogP contribution in [0.5, 0.6) is 0 Å². The van der Waals surface area contributed by atoms with Gasteiger partial charge in [0.15, 0.2) is 0 Å². The van der Waals surface area contributed by atoms with E-state index in [2.05, 4.69) is 0 Å². The number of hydrogen-bond donors (Lipinski definition) is 0. The zero-order valence-electron chi connectivity index (χ0n) is 12.2. The summed E-state index contributed by atoms with van der Waals surface area (Å²) in [5.74, 6) is -0.293. The van der Waals surface area contributed by atoms with E-state index >= 15 is 0 Å². The number of aryl methyl sites for hydroxylation is 1. The maximum Gasteiger partial charge on any atom is 0.243 e. The molecule has 0 heterocycles. The van der Waals surface area contributed by atoms with Gasteiger partial charge in [-0.25, -0.2) is 12.8 Å². The number of nitrogens with zero attached hydrogens (tertiary/aromatic N) is 1. The molecule has 1 aliphatic rings. The second-order valence-electron chi connectivity index (χ2n) is 5.51. The Hall–Kier alpha value is -0.650. The van der Waals surface area contributed by atoms with Gasteiger partial charge in [0.25, 0.3) is 0 Å². The quantitative estimate of drug-likeness (QED) is 0.770. The molecule has 21 heavy (non-hydrogen) atoms. The summed E-state index contributed by atoms with van der Waals surface area (Å²) in [7, 11) is -3.71. The minimum atomic E-state index is -3.71. The molecule has 0 amide bonds. The van der Waals surface area contributed by atoms with Gasteiger partial charge in [0.05, 0.1) is 4.90 Å². The molecule has 0 spiro atoms. The smallest absolute Gasteiger partial charge is 0.207 e. The lowest BCUT2D eigenvalue weighted by atomic mass is 9.95. The minimum Gasteiger partial charge on any atom is -0.207 e. The van der Waals surface area contributed by atoms with E-state index in [1.54, 1.807) is 6.92 Å². The third-order valence-corrected chi connectivity index (χ3v) is 6.29. The minimum absolute atomic E-state index is 0.0230. The third-order valence-electron chi connectivity index (χ3n) is 4.02. The summed E-state index contributed by atoms with van der Waals surface area (Å²) in [6.45, 7) is 1.95. The molecular formula is C15H21ClFNO2S. The first-order chi connectivity index (χ1) is 9.96. The molecular weight excluding hydrogens is 313 g/mol. The van der Waals surface area contributed by atoms with Gasteiger partial charge in [-0.05, 0) is 37.5 Å². The van der Waals surface area contributed by atoms with E-state index in [1.165, 1.54) is 16.4 Å². The van der Waals surface area contributed by atoms with Gasteiger partial charge in [0, 0.05) is 18.5 Å². The van der Waals surface area contributed by atoms with Gasteiger partial charge in [-0.2, -0.15) is 4.31 Å². The van der Waals surface area contributed by atoms with Crippen molar-refractivity contribution in [3.05, 3.63) is 29.6 Å². The van der Waals surface area contributed by atoms with Crippen LogP contribution in [0.15, 0.2) is 23.1 Å². The molecule has 0 bridgehead atoms. The van der Waals surface area contributed by atoms with Crippen molar-refractivity contribution in [2.45, 2.75) is 50.0 Å². The van der Waals surface area contributed by atoms with Gasteiger partial charge in [0.1, 0.15) is 5.82 Å². The van der Waals surface area contributed by atoms with Crippen LogP contribution in [0.3, 0.4) is 0 Å². The zero-order valence-corrected chi connectivity index (χ0v) is 13.8. The molecule has 2 rings (SSSR count). The molecule has 0 atom stereocenters. The average molecular weight is 334 g/mol. The number of benzene rings is 1. The van der Waals surface area contributed by atoms with E-state index < -0.39 is 15.8 Å². The van der Waals surface area contributed by atoms with Gasteiger partial charge in [-0.3, -0.25) is 0 Å². The van der Waals surface area contributed by atoms with Crippen molar-refractivity contribution < 1.29 is 12.8 Å². The van der Waals surface area contributed by atoms with E-state index in [0.29, 0.717) is 5.56 Å². The first-order valence-corrected chi connectivity index (χ1v) is 9.28. The lowest BCUT2D eigenvalue weighted by Gasteiger charge is -2.33. The van der Waals surface area contributed by atoms with E-state index in [1.807, 2.05) is 0 Å².